The van der Waals surface area contributed by atoms with Crippen LogP contribution in [0.1, 0.15) is 24.9 Å². The monoisotopic (exact) mass is 259 g/mol. The number of hydrogen-bond acceptors (Lipinski definition) is 2. The number of benzene rings is 1. The van der Waals surface area contributed by atoms with Crippen molar-refractivity contribution < 1.29 is 4.74 Å². The zero-order valence-electron chi connectivity index (χ0n) is 9.12. The Morgan fingerprint density at radius 2 is 2.19 bits per heavy atom. The van der Waals surface area contributed by atoms with Crippen LogP contribution in [0, 0.1) is 5.92 Å². The van der Waals surface area contributed by atoms with Crippen LogP contribution in [0.4, 0.5) is 0 Å². The molecule has 3 unspecified atom stereocenters. The molecule has 2 N–H and O–H groups in total. The average molecular weight is 260 g/mol. The van der Waals surface area contributed by atoms with Crippen molar-refractivity contribution in [3.8, 4) is 0 Å². The summed E-state index contributed by atoms with van der Waals surface area (Å²) in [6.07, 6.45) is 1.11. The normalized spacial score (nSPS) is 27.0. The summed E-state index contributed by atoms with van der Waals surface area (Å²) in [5.41, 5.74) is 7.10. The summed E-state index contributed by atoms with van der Waals surface area (Å²) >= 11 is 12.0. The number of rotatable bonds is 2. The molecular formula is C12H15Cl2NO. The van der Waals surface area contributed by atoms with Gasteiger partial charge in [0.25, 0.3) is 0 Å². The smallest absolute Gasteiger partial charge is 0.0794 e. The Morgan fingerprint density at radius 1 is 1.44 bits per heavy atom. The minimum atomic E-state index is -0.178. The van der Waals surface area contributed by atoms with Crippen LogP contribution < -0.4 is 5.73 Å². The molecule has 1 fully saturated rings. The first-order valence-corrected chi connectivity index (χ1v) is 6.17. The molecule has 88 valence electrons. The minimum Gasteiger partial charge on any atom is -0.376 e. The van der Waals surface area contributed by atoms with Crippen molar-refractivity contribution >= 4 is 23.2 Å². The van der Waals surface area contributed by atoms with E-state index in [1.54, 1.807) is 6.07 Å². The van der Waals surface area contributed by atoms with Gasteiger partial charge >= 0.3 is 0 Å². The van der Waals surface area contributed by atoms with E-state index in [0.29, 0.717) is 16.0 Å². The molecule has 0 amide bonds. The largest absolute Gasteiger partial charge is 0.376 e. The van der Waals surface area contributed by atoms with Gasteiger partial charge in [-0.1, -0.05) is 36.2 Å². The Bertz CT molecular complexity index is 383. The van der Waals surface area contributed by atoms with Crippen molar-refractivity contribution in [2.75, 3.05) is 6.61 Å². The highest BCUT2D eigenvalue weighted by Crippen LogP contribution is 2.33. The summed E-state index contributed by atoms with van der Waals surface area (Å²) < 4.78 is 5.65. The molecule has 2 nitrogen and oxygen atoms in total. The van der Waals surface area contributed by atoms with E-state index in [9.17, 15) is 0 Å². The van der Waals surface area contributed by atoms with E-state index >= 15 is 0 Å². The molecule has 4 heteroatoms. The maximum atomic E-state index is 6.19. The lowest BCUT2D eigenvalue weighted by atomic mass is 9.93. The van der Waals surface area contributed by atoms with Crippen molar-refractivity contribution in [3.05, 3.63) is 33.8 Å². The second kappa shape index (κ2) is 4.92. The number of hydrogen-bond donors (Lipinski definition) is 1. The molecule has 1 aliphatic rings. The minimum absolute atomic E-state index is 0.0543. The summed E-state index contributed by atoms with van der Waals surface area (Å²) in [5, 5.41) is 1.24. The molecule has 1 heterocycles. The highest BCUT2D eigenvalue weighted by molar-refractivity contribution is 6.35. The molecule has 2 rings (SSSR count). The first-order chi connectivity index (χ1) is 7.59. The zero-order valence-corrected chi connectivity index (χ0v) is 10.6. The van der Waals surface area contributed by atoms with Gasteiger partial charge < -0.3 is 10.5 Å². The summed E-state index contributed by atoms with van der Waals surface area (Å²) in [6, 6.07) is 5.23. The maximum Gasteiger partial charge on any atom is 0.0794 e. The average Bonchev–Trinajstić information content (AvgIpc) is 2.63. The number of ether oxygens (including phenoxy) is 1. The van der Waals surface area contributed by atoms with Gasteiger partial charge in [0.05, 0.1) is 12.1 Å². The molecule has 0 spiro atoms. The lowest BCUT2D eigenvalue weighted by Gasteiger charge is -2.23. The second-order valence-electron chi connectivity index (χ2n) is 4.29. The Kier molecular flexibility index (Phi) is 3.75. The molecule has 0 radical (unpaired) electrons. The van der Waals surface area contributed by atoms with Crippen LogP contribution in [0.5, 0.6) is 0 Å². The Morgan fingerprint density at radius 3 is 2.75 bits per heavy atom. The third-order valence-electron chi connectivity index (χ3n) is 3.12. The van der Waals surface area contributed by atoms with Crippen molar-refractivity contribution in [1.82, 2.24) is 0 Å². The van der Waals surface area contributed by atoms with Gasteiger partial charge in [-0.05, 0) is 30.0 Å². The molecule has 0 bridgehead atoms. The standard InChI is InChI=1S/C12H15Cl2NO/c1-7-4-5-16-12(7)11(15)9-3-2-8(13)6-10(9)14/h2-3,6-7,11-12H,4-5,15H2,1H3. The van der Waals surface area contributed by atoms with E-state index < -0.39 is 0 Å². The van der Waals surface area contributed by atoms with Crippen molar-refractivity contribution in [2.45, 2.75) is 25.5 Å². The van der Waals surface area contributed by atoms with E-state index in [4.69, 9.17) is 33.7 Å². The molecule has 3 atom stereocenters. The molecule has 1 aromatic rings. The molecule has 0 aromatic heterocycles. The Hall–Kier alpha value is -0.280. The van der Waals surface area contributed by atoms with E-state index in [2.05, 4.69) is 6.92 Å². The third kappa shape index (κ3) is 2.35. The van der Waals surface area contributed by atoms with E-state index in [1.165, 1.54) is 0 Å². The highest BCUT2D eigenvalue weighted by Gasteiger charge is 2.31. The quantitative estimate of drug-likeness (QED) is 0.884. The summed E-state index contributed by atoms with van der Waals surface area (Å²) in [7, 11) is 0. The van der Waals surface area contributed by atoms with Crippen LogP contribution in [0.2, 0.25) is 10.0 Å². The Balaban J connectivity index is 2.23. The van der Waals surface area contributed by atoms with Crippen LogP contribution in [0.25, 0.3) is 0 Å². The van der Waals surface area contributed by atoms with Crippen LogP contribution in [0.15, 0.2) is 18.2 Å². The second-order valence-corrected chi connectivity index (χ2v) is 5.14. The molecule has 16 heavy (non-hydrogen) atoms. The summed E-state index contributed by atoms with van der Waals surface area (Å²) in [6.45, 7) is 2.94. The lowest BCUT2D eigenvalue weighted by molar-refractivity contribution is 0.0725. The number of nitrogens with two attached hydrogens (primary N) is 1. The van der Waals surface area contributed by atoms with E-state index in [-0.39, 0.29) is 12.1 Å². The van der Waals surface area contributed by atoms with Gasteiger partial charge in [-0.15, -0.1) is 0 Å². The van der Waals surface area contributed by atoms with Crippen LogP contribution in [-0.2, 0) is 4.74 Å². The maximum absolute atomic E-state index is 6.19. The van der Waals surface area contributed by atoms with Gasteiger partial charge in [-0.3, -0.25) is 0 Å². The van der Waals surface area contributed by atoms with Gasteiger partial charge in [-0.2, -0.15) is 0 Å². The van der Waals surface area contributed by atoms with E-state index in [1.807, 2.05) is 12.1 Å². The van der Waals surface area contributed by atoms with Crippen LogP contribution in [-0.4, -0.2) is 12.7 Å². The molecule has 0 saturated carbocycles. The fourth-order valence-corrected chi connectivity index (χ4v) is 2.66. The summed E-state index contributed by atoms with van der Waals surface area (Å²) in [4.78, 5) is 0. The first kappa shape index (κ1) is 12.2. The highest BCUT2D eigenvalue weighted by atomic mass is 35.5. The topological polar surface area (TPSA) is 35.2 Å². The van der Waals surface area contributed by atoms with Crippen molar-refractivity contribution in [3.63, 3.8) is 0 Å². The molecular weight excluding hydrogens is 245 g/mol. The van der Waals surface area contributed by atoms with Gasteiger partial charge in [-0.25, -0.2) is 0 Å². The zero-order chi connectivity index (χ0) is 11.7. The van der Waals surface area contributed by atoms with Crippen LogP contribution in [0.3, 0.4) is 0 Å². The fourth-order valence-electron chi connectivity index (χ4n) is 2.12. The molecule has 1 aliphatic heterocycles. The number of halogens is 2. The summed E-state index contributed by atoms with van der Waals surface area (Å²) in [5.74, 6) is 0.474. The van der Waals surface area contributed by atoms with Crippen molar-refractivity contribution in [2.24, 2.45) is 11.7 Å². The van der Waals surface area contributed by atoms with Gasteiger partial charge in [0, 0.05) is 16.7 Å². The Labute approximate surface area is 106 Å². The molecule has 1 saturated heterocycles. The predicted octanol–water partition coefficient (Wildman–Crippen LogP) is 3.42. The van der Waals surface area contributed by atoms with E-state index in [0.717, 1.165) is 18.6 Å². The SMILES string of the molecule is CC1CCOC1C(N)c1ccc(Cl)cc1Cl. The van der Waals surface area contributed by atoms with Gasteiger partial charge in [0.2, 0.25) is 0 Å². The first-order valence-electron chi connectivity index (χ1n) is 5.41. The molecule has 1 aromatic carbocycles. The third-order valence-corrected chi connectivity index (χ3v) is 3.68. The van der Waals surface area contributed by atoms with Crippen LogP contribution >= 0.6 is 23.2 Å². The molecule has 0 aliphatic carbocycles. The lowest BCUT2D eigenvalue weighted by Crippen LogP contribution is -2.30. The predicted molar refractivity (Wildman–Crippen MR) is 66.9 cm³/mol. The fraction of sp³-hybridized carbons (Fsp3) is 0.500. The van der Waals surface area contributed by atoms with Gasteiger partial charge in [0.15, 0.2) is 0 Å². The van der Waals surface area contributed by atoms with Gasteiger partial charge in [0.1, 0.15) is 0 Å². The van der Waals surface area contributed by atoms with Crippen molar-refractivity contribution in [1.29, 1.82) is 0 Å².